The number of halogens is 2. The van der Waals surface area contributed by atoms with Gasteiger partial charge in [-0.25, -0.2) is 0 Å². The van der Waals surface area contributed by atoms with Gasteiger partial charge in [0.05, 0.1) is 6.54 Å². The summed E-state index contributed by atoms with van der Waals surface area (Å²) in [6, 6.07) is 7.96. The number of amides is 1. The zero-order valence-electron chi connectivity index (χ0n) is 15.2. The molecular weight excluding hydrogens is 465 g/mol. The molecule has 2 fully saturated rings. The van der Waals surface area contributed by atoms with Crippen molar-refractivity contribution in [3.8, 4) is 0 Å². The van der Waals surface area contributed by atoms with Crippen LogP contribution in [0.4, 0.5) is 5.69 Å². The Balaban J connectivity index is 0.00000243. The van der Waals surface area contributed by atoms with Gasteiger partial charge in [0.25, 0.3) is 0 Å². The van der Waals surface area contributed by atoms with E-state index in [4.69, 9.17) is 11.6 Å². The maximum Gasteiger partial charge on any atom is 0.241 e. The molecule has 0 spiro atoms. The van der Waals surface area contributed by atoms with Crippen LogP contribution in [0.1, 0.15) is 12.8 Å². The Morgan fingerprint density at radius 1 is 1.12 bits per heavy atom. The maximum atomic E-state index is 12.2. The van der Waals surface area contributed by atoms with Crippen LogP contribution in [-0.4, -0.2) is 74.5 Å². The Labute approximate surface area is 177 Å². The van der Waals surface area contributed by atoms with Crippen LogP contribution >= 0.6 is 35.6 Å². The van der Waals surface area contributed by atoms with Crippen molar-refractivity contribution in [2.45, 2.75) is 12.8 Å². The van der Waals surface area contributed by atoms with Crippen molar-refractivity contribution in [3.63, 3.8) is 0 Å². The van der Waals surface area contributed by atoms with Crippen LogP contribution in [0.25, 0.3) is 0 Å². The Morgan fingerprint density at radius 3 is 2.42 bits per heavy atom. The van der Waals surface area contributed by atoms with Gasteiger partial charge < -0.3 is 20.0 Å². The Kier molecular flexibility index (Phi) is 8.27. The van der Waals surface area contributed by atoms with Crippen molar-refractivity contribution < 1.29 is 4.79 Å². The van der Waals surface area contributed by atoms with E-state index in [-0.39, 0.29) is 29.9 Å². The number of benzene rings is 1. The first-order chi connectivity index (χ1) is 12.2. The van der Waals surface area contributed by atoms with Crippen molar-refractivity contribution in [1.29, 1.82) is 0 Å². The minimum absolute atomic E-state index is 0. The van der Waals surface area contributed by atoms with Crippen molar-refractivity contribution in [1.82, 2.24) is 15.1 Å². The van der Waals surface area contributed by atoms with E-state index in [2.05, 4.69) is 26.2 Å². The van der Waals surface area contributed by atoms with Crippen LogP contribution in [0.3, 0.4) is 0 Å². The second-order valence-electron chi connectivity index (χ2n) is 6.44. The lowest BCUT2D eigenvalue weighted by Crippen LogP contribution is -2.53. The Hall–Kier alpha value is -1.22. The van der Waals surface area contributed by atoms with E-state index >= 15 is 0 Å². The molecule has 0 aromatic heterocycles. The summed E-state index contributed by atoms with van der Waals surface area (Å²) in [4.78, 5) is 23.0. The molecule has 144 valence electrons. The largest absolute Gasteiger partial charge is 0.368 e. The summed E-state index contributed by atoms with van der Waals surface area (Å²) in [5.74, 6) is 0.967. The van der Waals surface area contributed by atoms with Gasteiger partial charge in [-0.05, 0) is 31.0 Å². The van der Waals surface area contributed by atoms with Gasteiger partial charge in [0.1, 0.15) is 0 Å². The molecule has 0 atom stereocenters. The zero-order valence-corrected chi connectivity index (χ0v) is 18.2. The van der Waals surface area contributed by atoms with Crippen LogP contribution in [0, 0.1) is 0 Å². The predicted octanol–water partition coefficient (Wildman–Crippen LogP) is 2.28. The zero-order chi connectivity index (χ0) is 17.6. The number of hydrogen-bond acceptors (Lipinski definition) is 3. The number of nitrogens with zero attached hydrogens (tertiary/aromatic N) is 4. The number of piperazine rings is 1. The third kappa shape index (κ3) is 5.39. The number of guanidine groups is 1. The fraction of sp³-hybridized carbons (Fsp3) is 0.556. The average Bonchev–Trinajstić information content (AvgIpc) is 3.17. The molecule has 0 bridgehead atoms. The maximum absolute atomic E-state index is 12.2. The van der Waals surface area contributed by atoms with Crippen molar-refractivity contribution in [2.75, 3.05) is 57.8 Å². The molecule has 0 radical (unpaired) electrons. The van der Waals surface area contributed by atoms with Gasteiger partial charge in [0, 0.05) is 57.0 Å². The molecule has 8 heteroatoms. The first-order valence-electron chi connectivity index (χ1n) is 8.91. The molecular formula is C18H27ClIN5O. The molecule has 0 unspecified atom stereocenters. The molecule has 2 aliphatic heterocycles. The van der Waals surface area contributed by atoms with E-state index in [1.807, 2.05) is 23.1 Å². The highest BCUT2D eigenvalue weighted by Crippen LogP contribution is 2.20. The molecule has 1 aromatic rings. The van der Waals surface area contributed by atoms with E-state index < -0.39 is 0 Å². The van der Waals surface area contributed by atoms with Gasteiger partial charge in [0.15, 0.2) is 5.96 Å². The smallest absolute Gasteiger partial charge is 0.241 e. The summed E-state index contributed by atoms with van der Waals surface area (Å²) >= 11 is 6.09. The summed E-state index contributed by atoms with van der Waals surface area (Å²) in [5, 5.41) is 3.99. The number of nitrogens with one attached hydrogen (secondary N) is 1. The number of anilines is 1. The topological polar surface area (TPSA) is 51.2 Å². The number of likely N-dealkylation sites (tertiary alicyclic amines) is 1. The van der Waals surface area contributed by atoms with Gasteiger partial charge in [-0.1, -0.05) is 17.7 Å². The third-order valence-corrected chi connectivity index (χ3v) is 5.06. The molecule has 1 aromatic carbocycles. The van der Waals surface area contributed by atoms with Crippen LogP contribution < -0.4 is 10.2 Å². The number of rotatable bonds is 3. The Bertz CT molecular complexity index is 628. The summed E-state index contributed by atoms with van der Waals surface area (Å²) in [5.41, 5.74) is 1.15. The summed E-state index contributed by atoms with van der Waals surface area (Å²) in [6.45, 7) is 5.63. The minimum Gasteiger partial charge on any atom is -0.368 e. The Morgan fingerprint density at radius 2 is 1.81 bits per heavy atom. The first-order valence-corrected chi connectivity index (χ1v) is 9.29. The number of carbonyl (C=O) groups is 1. The molecule has 26 heavy (non-hydrogen) atoms. The fourth-order valence-electron chi connectivity index (χ4n) is 3.41. The SMILES string of the molecule is CN=C(NCC(=O)N1CCCC1)N1CCN(c2cccc(Cl)c2)CC1.I. The number of aliphatic imine (C=N–C) groups is 1. The highest BCUT2D eigenvalue weighted by atomic mass is 127. The summed E-state index contributed by atoms with van der Waals surface area (Å²) in [7, 11) is 1.77. The van der Waals surface area contributed by atoms with Crippen molar-refractivity contribution in [2.24, 2.45) is 4.99 Å². The molecule has 1 N–H and O–H groups in total. The number of carbonyl (C=O) groups excluding carboxylic acids is 1. The van der Waals surface area contributed by atoms with E-state index in [9.17, 15) is 4.79 Å². The average molecular weight is 492 g/mol. The number of hydrogen-bond donors (Lipinski definition) is 1. The molecule has 6 nitrogen and oxygen atoms in total. The second kappa shape index (κ2) is 10.2. The van der Waals surface area contributed by atoms with Crippen molar-refractivity contribution in [3.05, 3.63) is 29.3 Å². The molecule has 0 aliphatic carbocycles. The summed E-state index contributed by atoms with van der Waals surface area (Å²) < 4.78 is 0. The monoisotopic (exact) mass is 491 g/mol. The van der Waals surface area contributed by atoms with E-state index in [0.29, 0.717) is 6.54 Å². The lowest BCUT2D eigenvalue weighted by Gasteiger charge is -2.37. The molecule has 1 amide bonds. The quantitative estimate of drug-likeness (QED) is 0.400. The lowest BCUT2D eigenvalue weighted by atomic mass is 10.2. The first kappa shape index (κ1) is 21.1. The fourth-order valence-corrected chi connectivity index (χ4v) is 3.60. The van der Waals surface area contributed by atoms with E-state index in [0.717, 1.165) is 68.8 Å². The van der Waals surface area contributed by atoms with E-state index in [1.54, 1.807) is 7.05 Å². The van der Waals surface area contributed by atoms with Crippen LogP contribution in [0.5, 0.6) is 0 Å². The van der Waals surface area contributed by atoms with E-state index in [1.165, 1.54) is 0 Å². The van der Waals surface area contributed by atoms with Crippen LogP contribution in [0.15, 0.2) is 29.3 Å². The molecule has 0 saturated carbocycles. The predicted molar refractivity (Wildman–Crippen MR) is 118 cm³/mol. The van der Waals surface area contributed by atoms with Gasteiger partial charge >= 0.3 is 0 Å². The van der Waals surface area contributed by atoms with Gasteiger partial charge in [-0.3, -0.25) is 9.79 Å². The normalized spacial score (nSPS) is 17.9. The van der Waals surface area contributed by atoms with Crippen LogP contribution in [0.2, 0.25) is 5.02 Å². The second-order valence-corrected chi connectivity index (χ2v) is 6.88. The standard InChI is InChI=1S/C18H26ClN5O.HI/c1-20-18(21-14-17(25)23-7-2-3-8-23)24-11-9-22(10-12-24)16-6-4-5-15(19)13-16;/h4-6,13H,2-3,7-12,14H2,1H3,(H,20,21);1H. The third-order valence-electron chi connectivity index (χ3n) is 4.82. The summed E-state index contributed by atoms with van der Waals surface area (Å²) in [6.07, 6.45) is 2.23. The molecule has 2 heterocycles. The highest BCUT2D eigenvalue weighted by molar-refractivity contribution is 14.0. The van der Waals surface area contributed by atoms with Crippen LogP contribution in [-0.2, 0) is 4.79 Å². The lowest BCUT2D eigenvalue weighted by molar-refractivity contribution is -0.128. The van der Waals surface area contributed by atoms with Gasteiger partial charge in [-0.2, -0.15) is 0 Å². The van der Waals surface area contributed by atoms with Gasteiger partial charge in [-0.15, -0.1) is 24.0 Å². The van der Waals surface area contributed by atoms with Gasteiger partial charge in [0.2, 0.25) is 5.91 Å². The highest BCUT2D eigenvalue weighted by Gasteiger charge is 2.22. The van der Waals surface area contributed by atoms with Crippen molar-refractivity contribution >= 4 is 53.1 Å². The molecule has 2 saturated heterocycles. The minimum atomic E-state index is 0. The molecule has 3 rings (SSSR count). The molecule has 2 aliphatic rings.